The van der Waals surface area contributed by atoms with Crippen LogP contribution >= 0.6 is 0 Å². The summed E-state index contributed by atoms with van der Waals surface area (Å²) in [6, 6.07) is 0. The second-order valence-electron chi connectivity index (χ2n) is 5.58. The van der Waals surface area contributed by atoms with Gasteiger partial charge in [-0.2, -0.15) is 0 Å². The van der Waals surface area contributed by atoms with Crippen LogP contribution in [0.25, 0.3) is 0 Å². The Hall–Kier alpha value is -0.810. The average Bonchev–Trinajstić information content (AvgIpc) is 2.69. The SMILES string of the molecule is CC(C)(CCNCC1CCCC1O)C(N)=NO. The Morgan fingerprint density at radius 3 is 2.71 bits per heavy atom. The number of amidine groups is 1. The zero-order valence-electron chi connectivity index (χ0n) is 10.8. The van der Waals surface area contributed by atoms with E-state index in [0.717, 1.165) is 38.8 Å². The Labute approximate surface area is 103 Å². The summed E-state index contributed by atoms with van der Waals surface area (Å²) in [7, 11) is 0. The summed E-state index contributed by atoms with van der Waals surface area (Å²) >= 11 is 0. The van der Waals surface area contributed by atoms with Gasteiger partial charge in [-0.1, -0.05) is 25.4 Å². The van der Waals surface area contributed by atoms with Crippen LogP contribution in [0.2, 0.25) is 0 Å². The molecule has 0 aromatic carbocycles. The average molecular weight is 243 g/mol. The second kappa shape index (κ2) is 6.21. The van der Waals surface area contributed by atoms with E-state index in [1.807, 2.05) is 13.8 Å². The highest BCUT2D eigenvalue weighted by Crippen LogP contribution is 2.25. The van der Waals surface area contributed by atoms with Crippen LogP contribution in [0, 0.1) is 11.3 Å². The molecule has 0 aliphatic heterocycles. The number of aliphatic hydroxyl groups excluding tert-OH is 1. The van der Waals surface area contributed by atoms with E-state index in [1.54, 1.807) is 0 Å². The highest BCUT2D eigenvalue weighted by atomic mass is 16.4. The summed E-state index contributed by atoms with van der Waals surface area (Å²) in [5.41, 5.74) is 5.31. The van der Waals surface area contributed by atoms with Crippen molar-refractivity contribution in [2.45, 2.75) is 45.6 Å². The molecule has 0 aromatic heterocycles. The molecule has 17 heavy (non-hydrogen) atoms. The van der Waals surface area contributed by atoms with E-state index >= 15 is 0 Å². The van der Waals surface area contributed by atoms with Crippen molar-refractivity contribution in [1.82, 2.24) is 5.32 Å². The van der Waals surface area contributed by atoms with Gasteiger partial charge in [0.05, 0.1) is 6.10 Å². The quantitative estimate of drug-likeness (QED) is 0.183. The Kier molecular flexibility index (Phi) is 5.21. The van der Waals surface area contributed by atoms with Crippen LogP contribution in [0.15, 0.2) is 5.16 Å². The first-order chi connectivity index (χ1) is 7.97. The van der Waals surface area contributed by atoms with E-state index in [4.69, 9.17) is 10.9 Å². The maximum Gasteiger partial charge on any atom is 0.144 e. The normalized spacial score (nSPS) is 26.4. The van der Waals surface area contributed by atoms with Gasteiger partial charge < -0.3 is 21.4 Å². The summed E-state index contributed by atoms with van der Waals surface area (Å²) in [5, 5.41) is 24.7. The molecule has 1 saturated carbocycles. The van der Waals surface area contributed by atoms with E-state index in [-0.39, 0.29) is 17.4 Å². The number of nitrogens with two attached hydrogens (primary N) is 1. The lowest BCUT2D eigenvalue weighted by Crippen LogP contribution is -2.36. The summed E-state index contributed by atoms with van der Waals surface area (Å²) < 4.78 is 0. The first-order valence-corrected chi connectivity index (χ1v) is 6.34. The Bertz CT molecular complexity index is 266. The molecule has 1 aliphatic rings. The number of nitrogens with one attached hydrogen (secondary N) is 1. The van der Waals surface area contributed by atoms with Crippen LogP contribution in [0.3, 0.4) is 0 Å². The minimum atomic E-state index is -0.296. The van der Waals surface area contributed by atoms with Gasteiger partial charge >= 0.3 is 0 Å². The molecule has 0 bridgehead atoms. The van der Waals surface area contributed by atoms with Crippen molar-refractivity contribution in [3.8, 4) is 0 Å². The topological polar surface area (TPSA) is 90.9 Å². The second-order valence-corrected chi connectivity index (χ2v) is 5.58. The largest absolute Gasteiger partial charge is 0.409 e. The van der Waals surface area contributed by atoms with E-state index in [0.29, 0.717) is 5.92 Å². The van der Waals surface area contributed by atoms with Crippen molar-refractivity contribution in [3.05, 3.63) is 0 Å². The first-order valence-electron chi connectivity index (χ1n) is 6.34. The molecule has 2 atom stereocenters. The van der Waals surface area contributed by atoms with Crippen molar-refractivity contribution < 1.29 is 10.3 Å². The molecule has 0 spiro atoms. The lowest BCUT2D eigenvalue weighted by Gasteiger charge is -2.23. The number of hydrogen-bond acceptors (Lipinski definition) is 4. The molecule has 1 rings (SSSR count). The Morgan fingerprint density at radius 1 is 1.47 bits per heavy atom. The fourth-order valence-corrected chi connectivity index (χ4v) is 2.21. The van der Waals surface area contributed by atoms with Gasteiger partial charge in [0, 0.05) is 12.0 Å². The van der Waals surface area contributed by atoms with Gasteiger partial charge in [0.15, 0.2) is 0 Å². The number of aliphatic hydroxyl groups is 1. The predicted molar refractivity (Wildman–Crippen MR) is 68.0 cm³/mol. The lowest BCUT2D eigenvalue weighted by atomic mass is 9.88. The van der Waals surface area contributed by atoms with Crippen LogP contribution < -0.4 is 11.1 Å². The smallest absolute Gasteiger partial charge is 0.144 e. The number of oxime groups is 1. The van der Waals surface area contributed by atoms with Gasteiger partial charge in [-0.05, 0) is 31.7 Å². The fourth-order valence-electron chi connectivity index (χ4n) is 2.21. The van der Waals surface area contributed by atoms with Gasteiger partial charge in [-0.25, -0.2) is 0 Å². The molecular weight excluding hydrogens is 218 g/mol. The molecule has 100 valence electrons. The summed E-state index contributed by atoms with van der Waals surface area (Å²) in [6.45, 7) is 5.57. The van der Waals surface area contributed by atoms with Crippen molar-refractivity contribution in [2.24, 2.45) is 22.2 Å². The van der Waals surface area contributed by atoms with Crippen LogP contribution in [0.5, 0.6) is 0 Å². The van der Waals surface area contributed by atoms with Gasteiger partial charge in [-0.15, -0.1) is 0 Å². The van der Waals surface area contributed by atoms with Crippen molar-refractivity contribution >= 4 is 5.84 Å². The molecule has 5 nitrogen and oxygen atoms in total. The number of nitrogens with zero attached hydrogens (tertiary/aromatic N) is 1. The van der Waals surface area contributed by atoms with Crippen LogP contribution in [-0.4, -0.2) is 35.3 Å². The zero-order valence-corrected chi connectivity index (χ0v) is 10.8. The third-order valence-electron chi connectivity index (χ3n) is 3.75. The van der Waals surface area contributed by atoms with Gasteiger partial charge in [0.25, 0.3) is 0 Å². The highest BCUT2D eigenvalue weighted by molar-refractivity contribution is 5.85. The molecule has 0 heterocycles. The summed E-state index contributed by atoms with van der Waals surface area (Å²) in [4.78, 5) is 0. The van der Waals surface area contributed by atoms with Gasteiger partial charge in [0.2, 0.25) is 0 Å². The lowest BCUT2D eigenvalue weighted by molar-refractivity contribution is 0.131. The minimum absolute atomic E-state index is 0.139. The molecule has 0 amide bonds. The zero-order chi connectivity index (χ0) is 12.9. The first kappa shape index (κ1) is 14.3. The molecule has 2 unspecified atom stereocenters. The van der Waals surface area contributed by atoms with E-state index < -0.39 is 0 Å². The number of hydrogen-bond donors (Lipinski definition) is 4. The molecular formula is C12H25N3O2. The molecule has 1 aliphatic carbocycles. The third-order valence-corrected chi connectivity index (χ3v) is 3.75. The molecule has 0 aromatic rings. The summed E-state index contributed by atoms with van der Waals surface area (Å²) in [5.74, 6) is 0.655. The molecule has 5 N–H and O–H groups in total. The van der Waals surface area contributed by atoms with Crippen molar-refractivity contribution in [3.63, 3.8) is 0 Å². The maximum absolute atomic E-state index is 9.66. The Morgan fingerprint density at radius 2 is 2.18 bits per heavy atom. The highest BCUT2D eigenvalue weighted by Gasteiger charge is 2.26. The fraction of sp³-hybridized carbons (Fsp3) is 0.917. The van der Waals surface area contributed by atoms with E-state index in [2.05, 4.69) is 10.5 Å². The van der Waals surface area contributed by atoms with Crippen molar-refractivity contribution in [2.75, 3.05) is 13.1 Å². The molecule has 5 heteroatoms. The summed E-state index contributed by atoms with van der Waals surface area (Å²) in [6.07, 6.45) is 3.84. The van der Waals surface area contributed by atoms with E-state index in [1.165, 1.54) is 0 Å². The maximum atomic E-state index is 9.66. The van der Waals surface area contributed by atoms with Crippen molar-refractivity contribution in [1.29, 1.82) is 0 Å². The van der Waals surface area contributed by atoms with Crippen LogP contribution in [-0.2, 0) is 0 Å². The third kappa shape index (κ3) is 4.16. The number of rotatable bonds is 6. The van der Waals surface area contributed by atoms with Crippen LogP contribution in [0.4, 0.5) is 0 Å². The van der Waals surface area contributed by atoms with E-state index in [9.17, 15) is 5.11 Å². The molecule has 0 saturated heterocycles. The molecule has 0 radical (unpaired) electrons. The predicted octanol–water partition coefficient (Wildman–Crippen LogP) is 0.900. The minimum Gasteiger partial charge on any atom is -0.409 e. The van der Waals surface area contributed by atoms with Gasteiger partial charge in [0.1, 0.15) is 5.84 Å². The van der Waals surface area contributed by atoms with Crippen LogP contribution in [0.1, 0.15) is 39.5 Å². The Balaban J connectivity index is 2.19. The molecule has 1 fully saturated rings. The van der Waals surface area contributed by atoms with Gasteiger partial charge in [-0.3, -0.25) is 0 Å². The standard InChI is InChI=1S/C12H25N3O2/c1-12(2,11(13)15-17)6-7-14-8-9-4-3-5-10(9)16/h9-10,14,16-17H,3-8H2,1-2H3,(H2,13,15). The monoisotopic (exact) mass is 243 g/mol.